The first-order chi connectivity index (χ1) is 7.09. The second-order valence-corrected chi connectivity index (χ2v) is 3.48. The summed E-state index contributed by atoms with van der Waals surface area (Å²) in [5.74, 6) is 0. The Morgan fingerprint density at radius 1 is 1.20 bits per heavy atom. The van der Waals surface area contributed by atoms with Crippen molar-refractivity contribution < 1.29 is 4.92 Å². The molecule has 0 saturated heterocycles. The lowest BCUT2D eigenvalue weighted by molar-refractivity contribution is -0.383. The molecular weight excluding hydrogens is 192 g/mol. The third-order valence-electron chi connectivity index (χ3n) is 2.38. The van der Waals surface area contributed by atoms with E-state index >= 15 is 0 Å². The Kier molecular flexibility index (Phi) is 2.04. The van der Waals surface area contributed by atoms with Crippen molar-refractivity contribution in [3.8, 4) is 0 Å². The van der Waals surface area contributed by atoms with Gasteiger partial charge in [-0.15, -0.1) is 0 Å². The van der Waals surface area contributed by atoms with E-state index in [1.807, 2.05) is 19.1 Å². The summed E-state index contributed by atoms with van der Waals surface area (Å²) in [4.78, 5) is 10.4. The van der Waals surface area contributed by atoms with Crippen LogP contribution < -0.4 is 5.73 Å². The van der Waals surface area contributed by atoms with Gasteiger partial charge in [0.1, 0.15) is 0 Å². The number of nitrogen functional groups attached to an aromatic ring is 1. The van der Waals surface area contributed by atoms with Crippen LogP contribution in [0.15, 0.2) is 30.3 Å². The maximum atomic E-state index is 10.8. The molecule has 2 N–H and O–H groups in total. The second-order valence-electron chi connectivity index (χ2n) is 3.48. The number of fused-ring (bicyclic) bond motifs is 1. The van der Waals surface area contributed by atoms with Gasteiger partial charge in [-0.2, -0.15) is 0 Å². The van der Waals surface area contributed by atoms with Crippen molar-refractivity contribution in [2.45, 2.75) is 6.92 Å². The zero-order valence-electron chi connectivity index (χ0n) is 8.23. The molecule has 0 amide bonds. The predicted molar refractivity (Wildman–Crippen MR) is 59.8 cm³/mol. The van der Waals surface area contributed by atoms with Crippen molar-refractivity contribution in [1.82, 2.24) is 0 Å². The van der Waals surface area contributed by atoms with E-state index < -0.39 is 0 Å². The molecule has 0 bridgehead atoms. The summed E-state index contributed by atoms with van der Waals surface area (Å²) >= 11 is 0. The van der Waals surface area contributed by atoms with Gasteiger partial charge in [0, 0.05) is 17.1 Å². The van der Waals surface area contributed by atoms with Gasteiger partial charge in [0.25, 0.3) is 5.69 Å². The summed E-state index contributed by atoms with van der Waals surface area (Å²) in [6.45, 7) is 1.90. The van der Waals surface area contributed by atoms with E-state index in [4.69, 9.17) is 5.73 Å². The van der Waals surface area contributed by atoms with Gasteiger partial charge in [-0.25, -0.2) is 0 Å². The molecule has 2 rings (SSSR count). The van der Waals surface area contributed by atoms with Gasteiger partial charge in [-0.1, -0.05) is 17.7 Å². The number of hydrogen-bond donors (Lipinski definition) is 1. The maximum absolute atomic E-state index is 10.8. The maximum Gasteiger partial charge on any atom is 0.277 e. The molecule has 0 atom stereocenters. The summed E-state index contributed by atoms with van der Waals surface area (Å²) in [5.41, 5.74) is 7.40. The number of hydrogen-bond acceptors (Lipinski definition) is 3. The van der Waals surface area contributed by atoms with Crippen LogP contribution >= 0.6 is 0 Å². The lowest BCUT2D eigenvalue weighted by Crippen LogP contribution is -1.93. The Balaban J connectivity index is 2.90. The zero-order valence-corrected chi connectivity index (χ0v) is 8.23. The first-order valence-electron chi connectivity index (χ1n) is 4.53. The molecule has 0 saturated carbocycles. The molecule has 4 nitrogen and oxygen atoms in total. The van der Waals surface area contributed by atoms with Crippen LogP contribution in [0.5, 0.6) is 0 Å². The highest BCUT2D eigenvalue weighted by molar-refractivity contribution is 5.99. The molecular formula is C11H10N2O2. The highest BCUT2D eigenvalue weighted by Crippen LogP contribution is 2.30. The Morgan fingerprint density at radius 3 is 2.60 bits per heavy atom. The molecule has 4 heteroatoms. The highest BCUT2D eigenvalue weighted by atomic mass is 16.6. The number of nitrogens with two attached hydrogens (primary N) is 1. The standard InChI is InChI=1S/C11H10N2O2/c1-7-2-3-8-9(6-7)11(13(14)15)5-4-10(8)12/h2-6H,12H2,1H3. The molecule has 2 aromatic rings. The summed E-state index contributed by atoms with van der Waals surface area (Å²) in [6, 6.07) is 8.49. The average Bonchev–Trinajstić information content (AvgIpc) is 2.17. The number of aryl methyl sites for hydroxylation is 1. The quantitative estimate of drug-likeness (QED) is 0.439. The molecule has 0 spiro atoms. The first kappa shape index (κ1) is 9.45. The Bertz CT molecular complexity index is 550. The highest BCUT2D eigenvalue weighted by Gasteiger charge is 2.12. The lowest BCUT2D eigenvalue weighted by Gasteiger charge is -2.03. The number of non-ortho nitro benzene ring substituents is 1. The molecule has 0 radical (unpaired) electrons. The predicted octanol–water partition coefficient (Wildman–Crippen LogP) is 2.64. The Morgan fingerprint density at radius 2 is 1.93 bits per heavy atom. The van der Waals surface area contributed by atoms with Gasteiger partial charge in [-0.3, -0.25) is 10.1 Å². The molecule has 0 fully saturated rings. The molecule has 0 heterocycles. The Labute approximate surface area is 86.5 Å². The minimum atomic E-state index is -0.388. The van der Waals surface area contributed by atoms with Crippen LogP contribution in [0.2, 0.25) is 0 Å². The topological polar surface area (TPSA) is 69.2 Å². The van der Waals surface area contributed by atoms with Crippen molar-refractivity contribution in [2.24, 2.45) is 0 Å². The number of nitrogens with zero attached hydrogens (tertiary/aromatic N) is 1. The van der Waals surface area contributed by atoms with Crippen LogP contribution in [0.4, 0.5) is 11.4 Å². The summed E-state index contributed by atoms with van der Waals surface area (Å²) < 4.78 is 0. The molecule has 0 unspecified atom stereocenters. The largest absolute Gasteiger partial charge is 0.398 e. The molecule has 0 aliphatic rings. The van der Waals surface area contributed by atoms with Gasteiger partial charge in [-0.05, 0) is 19.1 Å². The van der Waals surface area contributed by atoms with E-state index in [0.717, 1.165) is 10.9 Å². The average molecular weight is 202 g/mol. The third-order valence-corrected chi connectivity index (χ3v) is 2.38. The van der Waals surface area contributed by atoms with E-state index in [1.54, 1.807) is 12.1 Å². The van der Waals surface area contributed by atoms with Crippen molar-refractivity contribution in [1.29, 1.82) is 0 Å². The van der Waals surface area contributed by atoms with E-state index in [9.17, 15) is 10.1 Å². The fourth-order valence-corrected chi connectivity index (χ4v) is 1.63. The van der Waals surface area contributed by atoms with Crippen molar-refractivity contribution in [3.63, 3.8) is 0 Å². The zero-order chi connectivity index (χ0) is 11.0. The second kappa shape index (κ2) is 3.24. The summed E-state index contributed by atoms with van der Waals surface area (Å²) in [5, 5.41) is 12.1. The van der Waals surface area contributed by atoms with Gasteiger partial charge >= 0.3 is 0 Å². The van der Waals surface area contributed by atoms with Crippen LogP contribution in [0, 0.1) is 17.0 Å². The van der Waals surface area contributed by atoms with Crippen molar-refractivity contribution >= 4 is 22.1 Å². The summed E-state index contributed by atoms with van der Waals surface area (Å²) in [6.07, 6.45) is 0. The monoisotopic (exact) mass is 202 g/mol. The number of benzene rings is 2. The van der Waals surface area contributed by atoms with Crippen LogP contribution in [-0.4, -0.2) is 4.92 Å². The number of anilines is 1. The van der Waals surface area contributed by atoms with Gasteiger partial charge in [0.15, 0.2) is 0 Å². The minimum Gasteiger partial charge on any atom is -0.398 e. The molecule has 0 aromatic heterocycles. The smallest absolute Gasteiger partial charge is 0.277 e. The van der Waals surface area contributed by atoms with Crippen LogP contribution in [0.1, 0.15) is 5.56 Å². The van der Waals surface area contributed by atoms with E-state index in [2.05, 4.69) is 0 Å². The SMILES string of the molecule is Cc1ccc2c(N)ccc([N+](=O)[O-])c2c1. The third kappa shape index (κ3) is 1.50. The minimum absolute atomic E-state index is 0.0999. The number of nitro benzene ring substituents is 1. The first-order valence-corrected chi connectivity index (χ1v) is 4.53. The lowest BCUT2D eigenvalue weighted by atomic mass is 10.0. The van der Waals surface area contributed by atoms with Crippen LogP contribution in [0.25, 0.3) is 10.8 Å². The molecule has 15 heavy (non-hydrogen) atoms. The fraction of sp³-hybridized carbons (Fsp3) is 0.0909. The van der Waals surface area contributed by atoms with E-state index in [-0.39, 0.29) is 10.6 Å². The fourth-order valence-electron chi connectivity index (χ4n) is 1.63. The van der Waals surface area contributed by atoms with Crippen LogP contribution in [0.3, 0.4) is 0 Å². The molecule has 0 aliphatic heterocycles. The van der Waals surface area contributed by atoms with E-state index in [1.165, 1.54) is 6.07 Å². The van der Waals surface area contributed by atoms with E-state index in [0.29, 0.717) is 11.1 Å². The van der Waals surface area contributed by atoms with Crippen molar-refractivity contribution in [2.75, 3.05) is 5.73 Å². The van der Waals surface area contributed by atoms with Gasteiger partial charge < -0.3 is 5.73 Å². The Hall–Kier alpha value is -2.10. The van der Waals surface area contributed by atoms with Gasteiger partial charge in [0.2, 0.25) is 0 Å². The molecule has 2 aromatic carbocycles. The van der Waals surface area contributed by atoms with Crippen molar-refractivity contribution in [3.05, 3.63) is 46.0 Å². The number of rotatable bonds is 1. The molecule has 0 aliphatic carbocycles. The number of nitro groups is 1. The van der Waals surface area contributed by atoms with Crippen LogP contribution in [-0.2, 0) is 0 Å². The normalized spacial score (nSPS) is 10.5. The van der Waals surface area contributed by atoms with Gasteiger partial charge in [0.05, 0.1) is 10.3 Å². The summed E-state index contributed by atoms with van der Waals surface area (Å²) in [7, 11) is 0. The molecule has 76 valence electrons.